The maximum Gasteiger partial charge on any atom is 0.248 e. The molecule has 0 N–H and O–H groups in total. The van der Waals surface area contributed by atoms with Crippen LogP contribution in [-0.4, -0.2) is 73.4 Å². The lowest BCUT2D eigenvalue weighted by Gasteiger charge is -2.27. The molecule has 1 aromatic heterocycles. The highest BCUT2D eigenvalue weighted by Crippen LogP contribution is 2.42. The van der Waals surface area contributed by atoms with Crippen molar-refractivity contribution in [2.45, 2.75) is 12.8 Å². The molecule has 0 radical (unpaired) electrons. The highest BCUT2D eigenvalue weighted by atomic mass is 16.5. The molecule has 4 heterocycles. The van der Waals surface area contributed by atoms with Crippen molar-refractivity contribution < 1.29 is 14.3 Å². The molecule has 3 aliphatic rings. The molecule has 2 atom stereocenters. The fourth-order valence-corrected chi connectivity index (χ4v) is 4.04. The van der Waals surface area contributed by atoms with Gasteiger partial charge in [0, 0.05) is 49.9 Å². The molecule has 3 saturated heterocycles. The van der Waals surface area contributed by atoms with E-state index in [0.29, 0.717) is 19.1 Å². The predicted octanol–water partition coefficient (Wildman–Crippen LogP) is 0.568. The van der Waals surface area contributed by atoms with Gasteiger partial charge in [-0.3, -0.25) is 4.79 Å². The molecule has 1 aromatic rings. The number of carbonyl (C=O) groups excluding carboxylic acids is 1. The first-order valence-corrected chi connectivity index (χ1v) is 8.72. The lowest BCUT2D eigenvalue weighted by Crippen LogP contribution is -2.38. The van der Waals surface area contributed by atoms with Gasteiger partial charge in [0.25, 0.3) is 0 Å². The van der Waals surface area contributed by atoms with Crippen LogP contribution in [0.4, 0.5) is 5.95 Å². The Bertz CT molecular complexity index is 578. The molecule has 0 spiro atoms. The minimum absolute atomic E-state index is 0.0511. The predicted molar refractivity (Wildman–Crippen MR) is 87.6 cm³/mol. The molecule has 7 heteroatoms. The zero-order valence-electron chi connectivity index (χ0n) is 13.9. The van der Waals surface area contributed by atoms with Crippen LogP contribution in [0.3, 0.4) is 0 Å². The zero-order valence-corrected chi connectivity index (χ0v) is 13.9. The molecular weight excluding hydrogens is 308 g/mol. The van der Waals surface area contributed by atoms with E-state index in [1.165, 1.54) is 0 Å². The molecule has 130 valence electrons. The first kappa shape index (κ1) is 15.8. The molecule has 0 bridgehead atoms. The molecule has 1 amide bonds. The Labute approximate surface area is 142 Å². The summed E-state index contributed by atoms with van der Waals surface area (Å²) in [5.41, 5.74) is -0.0511. The average Bonchev–Trinajstić information content (AvgIpc) is 3.31. The molecule has 3 fully saturated rings. The molecule has 4 rings (SSSR count). The molecule has 0 unspecified atom stereocenters. The second-order valence-corrected chi connectivity index (χ2v) is 7.08. The minimum Gasteiger partial charge on any atom is -0.380 e. The summed E-state index contributed by atoms with van der Waals surface area (Å²) in [5.74, 6) is 1.28. The van der Waals surface area contributed by atoms with E-state index in [4.69, 9.17) is 9.47 Å². The minimum atomic E-state index is -0.0511. The number of rotatable bonds is 5. The Balaban J connectivity index is 1.35. The van der Waals surface area contributed by atoms with E-state index in [1.54, 1.807) is 12.4 Å². The van der Waals surface area contributed by atoms with Crippen LogP contribution in [0.1, 0.15) is 12.8 Å². The fourth-order valence-electron chi connectivity index (χ4n) is 4.04. The Morgan fingerprint density at radius 1 is 1.33 bits per heavy atom. The topological polar surface area (TPSA) is 67.8 Å². The van der Waals surface area contributed by atoms with Gasteiger partial charge < -0.3 is 19.3 Å². The zero-order chi connectivity index (χ0) is 16.4. The van der Waals surface area contributed by atoms with Gasteiger partial charge >= 0.3 is 0 Å². The molecule has 3 aliphatic heterocycles. The third kappa shape index (κ3) is 2.98. The number of carbonyl (C=O) groups is 1. The van der Waals surface area contributed by atoms with Gasteiger partial charge in [0.2, 0.25) is 11.9 Å². The number of anilines is 1. The van der Waals surface area contributed by atoms with Crippen molar-refractivity contribution in [3.05, 3.63) is 18.5 Å². The van der Waals surface area contributed by atoms with Crippen LogP contribution in [0.25, 0.3) is 0 Å². The maximum atomic E-state index is 12.1. The van der Waals surface area contributed by atoms with Gasteiger partial charge in [-0.1, -0.05) is 0 Å². The van der Waals surface area contributed by atoms with E-state index in [1.807, 2.05) is 11.0 Å². The van der Waals surface area contributed by atoms with Gasteiger partial charge in [-0.25, -0.2) is 9.97 Å². The second-order valence-electron chi connectivity index (χ2n) is 7.08. The largest absolute Gasteiger partial charge is 0.380 e. The van der Waals surface area contributed by atoms with Crippen LogP contribution in [0.2, 0.25) is 0 Å². The summed E-state index contributed by atoms with van der Waals surface area (Å²) in [5, 5.41) is 0. The molecule has 0 aromatic carbocycles. The lowest BCUT2D eigenvalue weighted by atomic mass is 9.82. The van der Waals surface area contributed by atoms with Gasteiger partial charge in [0.15, 0.2) is 0 Å². The van der Waals surface area contributed by atoms with Crippen LogP contribution in [0.5, 0.6) is 0 Å². The van der Waals surface area contributed by atoms with E-state index >= 15 is 0 Å². The third-order valence-electron chi connectivity index (χ3n) is 5.43. The summed E-state index contributed by atoms with van der Waals surface area (Å²) in [6, 6.07) is 1.83. The van der Waals surface area contributed by atoms with Crippen LogP contribution in [0.15, 0.2) is 18.5 Å². The number of nitrogens with zero attached hydrogens (tertiary/aromatic N) is 4. The number of hydrogen-bond donors (Lipinski definition) is 0. The summed E-state index contributed by atoms with van der Waals surface area (Å²) >= 11 is 0. The van der Waals surface area contributed by atoms with Crippen molar-refractivity contribution in [2.24, 2.45) is 11.3 Å². The van der Waals surface area contributed by atoms with Crippen LogP contribution in [-0.2, 0) is 14.3 Å². The van der Waals surface area contributed by atoms with E-state index in [2.05, 4.69) is 14.9 Å². The summed E-state index contributed by atoms with van der Waals surface area (Å²) in [6.45, 7) is 5.60. The monoisotopic (exact) mass is 332 g/mol. The van der Waals surface area contributed by atoms with E-state index in [0.717, 1.165) is 51.6 Å². The van der Waals surface area contributed by atoms with E-state index in [-0.39, 0.29) is 17.9 Å². The number of amides is 1. The van der Waals surface area contributed by atoms with E-state index < -0.39 is 0 Å². The normalized spacial score (nSPS) is 29.2. The Hall–Kier alpha value is -1.73. The van der Waals surface area contributed by atoms with Gasteiger partial charge in [0.1, 0.15) is 6.61 Å². The van der Waals surface area contributed by atoms with Crippen molar-refractivity contribution in [1.82, 2.24) is 14.9 Å². The Morgan fingerprint density at radius 3 is 2.92 bits per heavy atom. The van der Waals surface area contributed by atoms with Crippen LogP contribution in [0, 0.1) is 11.3 Å². The molecular formula is C17H24N4O3. The number of likely N-dealkylation sites (tertiary alicyclic amines) is 1. The van der Waals surface area contributed by atoms with Crippen LogP contribution < -0.4 is 4.90 Å². The summed E-state index contributed by atoms with van der Waals surface area (Å²) in [6.07, 6.45) is 5.75. The van der Waals surface area contributed by atoms with Gasteiger partial charge in [-0.15, -0.1) is 0 Å². The molecule has 7 nitrogen and oxygen atoms in total. The molecule has 24 heavy (non-hydrogen) atoms. The second kappa shape index (κ2) is 6.64. The lowest BCUT2D eigenvalue weighted by molar-refractivity contribution is -0.136. The van der Waals surface area contributed by atoms with Crippen molar-refractivity contribution in [1.29, 1.82) is 0 Å². The number of fused-ring (bicyclic) bond motifs is 1. The van der Waals surface area contributed by atoms with Gasteiger partial charge in [-0.05, 0) is 18.9 Å². The Kier molecular flexibility index (Phi) is 4.37. The van der Waals surface area contributed by atoms with Crippen molar-refractivity contribution in [3.63, 3.8) is 0 Å². The van der Waals surface area contributed by atoms with Crippen molar-refractivity contribution in [3.8, 4) is 0 Å². The summed E-state index contributed by atoms with van der Waals surface area (Å²) in [7, 11) is 0. The average molecular weight is 332 g/mol. The first-order chi connectivity index (χ1) is 11.8. The smallest absolute Gasteiger partial charge is 0.248 e. The standard InChI is InChI=1S/C17H24N4O3/c22-15(20-6-1-2-7-20)10-24-13-17-11-21(8-14(17)9-23-12-17)16-18-4-3-5-19-16/h3-5,14H,1-2,6-13H2/t14-,17+/m1/s1. The Morgan fingerprint density at radius 2 is 2.12 bits per heavy atom. The maximum absolute atomic E-state index is 12.1. The number of aromatic nitrogens is 2. The highest BCUT2D eigenvalue weighted by Gasteiger charge is 2.51. The summed E-state index contributed by atoms with van der Waals surface area (Å²) < 4.78 is 11.6. The van der Waals surface area contributed by atoms with Crippen molar-refractivity contribution >= 4 is 11.9 Å². The quantitative estimate of drug-likeness (QED) is 0.785. The third-order valence-corrected chi connectivity index (χ3v) is 5.43. The van der Waals surface area contributed by atoms with Crippen LogP contribution >= 0.6 is 0 Å². The van der Waals surface area contributed by atoms with E-state index in [9.17, 15) is 4.79 Å². The SMILES string of the molecule is O=C(COC[C@]12COC[C@H]1CN(c1ncccn1)C2)N1CCCC1. The first-order valence-electron chi connectivity index (χ1n) is 8.72. The highest BCUT2D eigenvalue weighted by molar-refractivity contribution is 5.77. The van der Waals surface area contributed by atoms with Gasteiger partial charge in [-0.2, -0.15) is 0 Å². The van der Waals surface area contributed by atoms with Crippen molar-refractivity contribution in [2.75, 3.05) is 57.5 Å². The molecule has 0 aliphatic carbocycles. The number of hydrogen-bond acceptors (Lipinski definition) is 6. The van der Waals surface area contributed by atoms with Gasteiger partial charge in [0.05, 0.1) is 19.8 Å². The fraction of sp³-hybridized carbons (Fsp3) is 0.706. The number of ether oxygens (including phenoxy) is 2. The summed E-state index contributed by atoms with van der Waals surface area (Å²) in [4.78, 5) is 24.9. The molecule has 0 saturated carbocycles.